The third kappa shape index (κ3) is 2.89. The minimum atomic E-state index is 0.0626. The Kier molecular flexibility index (Phi) is 4.48. The number of hydrogen-bond acceptors (Lipinski definition) is 5. The Balaban J connectivity index is 1.85. The molecule has 6 nitrogen and oxygen atoms in total. The molecule has 0 spiro atoms. The smallest absolute Gasteiger partial charge is 0.199 e. The molecule has 0 fully saturated rings. The van der Waals surface area contributed by atoms with E-state index < -0.39 is 0 Å². The molecule has 0 bridgehead atoms. The number of hydrogen-bond donors (Lipinski definition) is 3. The number of likely N-dealkylation sites (N-methyl/N-ethyl adjacent to an activating group) is 1. The summed E-state index contributed by atoms with van der Waals surface area (Å²) in [5, 5.41) is 18.7. The van der Waals surface area contributed by atoms with E-state index in [9.17, 15) is 5.11 Å². The standard InChI is InChI=1S/C19H17BrN4O2/c1-21-8-9-26-24-17-12-4-2-3-5-14(12)22-18(17)16-13-10-11(20)6-7-15(13)23-19(16)25/h2-7,10,21,23,25H,8-9H2,1H3/b24-17+. The largest absolute Gasteiger partial charge is 0.494 e. The molecule has 0 saturated carbocycles. The maximum atomic E-state index is 10.5. The molecule has 4 rings (SSSR count). The zero-order chi connectivity index (χ0) is 18.1. The number of nitrogens with zero attached hydrogens (tertiary/aromatic N) is 2. The number of rotatable bonds is 5. The van der Waals surface area contributed by atoms with E-state index in [1.807, 2.05) is 49.5 Å². The van der Waals surface area contributed by atoms with Gasteiger partial charge in [-0.25, -0.2) is 4.99 Å². The minimum absolute atomic E-state index is 0.0626. The summed E-state index contributed by atoms with van der Waals surface area (Å²) in [7, 11) is 1.86. The van der Waals surface area contributed by atoms with Crippen LogP contribution in [0, 0.1) is 0 Å². The highest BCUT2D eigenvalue weighted by molar-refractivity contribution is 9.10. The number of aliphatic imine (C=N–C) groups is 1. The Labute approximate surface area is 158 Å². The number of H-pyrrole nitrogens is 1. The molecule has 2 aromatic carbocycles. The first-order valence-electron chi connectivity index (χ1n) is 8.22. The molecule has 0 aliphatic carbocycles. The number of aromatic hydroxyl groups is 1. The SMILES string of the molecule is CNCCO/N=C1/C(c2c(O)[nH]c3ccc(Br)cc23)=Nc2ccccc21. The van der Waals surface area contributed by atoms with Crippen LogP contribution >= 0.6 is 15.9 Å². The highest BCUT2D eigenvalue weighted by atomic mass is 79.9. The number of halogens is 1. The highest BCUT2D eigenvalue weighted by Gasteiger charge is 2.29. The van der Waals surface area contributed by atoms with E-state index in [0.717, 1.165) is 26.6 Å². The summed E-state index contributed by atoms with van der Waals surface area (Å²) >= 11 is 3.49. The second-order valence-corrected chi connectivity index (χ2v) is 6.81. The normalized spacial score (nSPS) is 14.7. The molecule has 1 aliphatic rings. The van der Waals surface area contributed by atoms with Crippen molar-refractivity contribution in [1.82, 2.24) is 10.3 Å². The molecule has 0 radical (unpaired) electrons. The van der Waals surface area contributed by atoms with Crippen molar-refractivity contribution in [3.05, 3.63) is 58.1 Å². The van der Waals surface area contributed by atoms with Crippen molar-refractivity contribution in [2.45, 2.75) is 0 Å². The third-order valence-corrected chi connectivity index (χ3v) is 4.69. The van der Waals surface area contributed by atoms with Gasteiger partial charge >= 0.3 is 0 Å². The van der Waals surface area contributed by atoms with Crippen LogP contribution in [0.1, 0.15) is 11.1 Å². The highest BCUT2D eigenvalue weighted by Crippen LogP contribution is 2.36. The molecule has 0 unspecified atom stereocenters. The summed E-state index contributed by atoms with van der Waals surface area (Å²) in [6.45, 7) is 1.14. The monoisotopic (exact) mass is 412 g/mol. The number of para-hydroxylation sites is 1. The van der Waals surface area contributed by atoms with Gasteiger partial charge in [0, 0.05) is 27.5 Å². The number of oxime groups is 1. The predicted octanol–water partition coefficient (Wildman–Crippen LogP) is 3.71. The van der Waals surface area contributed by atoms with Crippen LogP contribution in [0.4, 0.5) is 5.69 Å². The van der Waals surface area contributed by atoms with Gasteiger partial charge in [-0.1, -0.05) is 39.3 Å². The lowest BCUT2D eigenvalue weighted by Crippen LogP contribution is -2.16. The van der Waals surface area contributed by atoms with Crippen molar-refractivity contribution in [2.24, 2.45) is 10.1 Å². The summed E-state index contributed by atoms with van der Waals surface area (Å²) in [6, 6.07) is 13.5. The van der Waals surface area contributed by atoms with E-state index in [4.69, 9.17) is 9.83 Å². The molecule has 1 aromatic heterocycles. The van der Waals surface area contributed by atoms with Crippen molar-refractivity contribution >= 4 is 43.9 Å². The summed E-state index contributed by atoms with van der Waals surface area (Å²) < 4.78 is 0.921. The van der Waals surface area contributed by atoms with Crippen LogP contribution in [-0.4, -0.2) is 41.7 Å². The van der Waals surface area contributed by atoms with Crippen molar-refractivity contribution in [3.8, 4) is 5.88 Å². The van der Waals surface area contributed by atoms with Crippen LogP contribution in [0.2, 0.25) is 0 Å². The van der Waals surface area contributed by atoms with Crippen molar-refractivity contribution in [2.75, 3.05) is 20.2 Å². The molecular weight excluding hydrogens is 396 g/mol. The lowest BCUT2D eigenvalue weighted by Gasteiger charge is -2.05. The molecule has 3 aromatic rings. The molecule has 26 heavy (non-hydrogen) atoms. The second-order valence-electron chi connectivity index (χ2n) is 5.89. The Morgan fingerprint density at radius 2 is 2.12 bits per heavy atom. The van der Waals surface area contributed by atoms with Gasteiger partial charge in [-0.15, -0.1) is 0 Å². The fourth-order valence-corrected chi connectivity index (χ4v) is 3.35. The fourth-order valence-electron chi connectivity index (χ4n) is 2.99. The quantitative estimate of drug-likeness (QED) is 0.441. The van der Waals surface area contributed by atoms with Crippen LogP contribution in [-0.2, 0) is 4.84 Å². The molecule has 1 aliphatic heterocycles. The molecule has 0 atom stereocenters. The molecule has 0 amide bonds. The number of fused-ring (bicyclic) bond motifs is 2. The Bertz CT molecular complexity index is 1040. The molecule has 0 saturated heterocycles. The summed E-state index contributed by atoms with van der Waals surface area (Å²) in [4.78, 5) is 13.2. The Hall–Kier alpha value is -2.64. The Morgan fingerprint density at radius 1 is 1.27 bits per heavy atom. The molecule has 7 heteroatoms. The van der Waals surface area contributed by atoms with Crippen molar-refractivity contribution in [1.29, 1.82) is 0 Å². The number of benzene rings is 2. The van der Waals surface area contributed by atoms with E-state index in [2.05, 4.69) is 31.4 Å². The summed E-state index contributed by atoms with van der Waals surface area (Å²) in [5.74, 6) is 0.0626. The van der Waals surface area contributed by atoms with Crippen LogP contribution in [0.3, 0.4) is 0 Å². The molecule has 132 valence electrons. The summed E-state index contributed by atoms with van der Waals surface area (Å²) in [6.07, 6.45) is 0. The fraction of sp³-hybridized carbons (Fsp3) is 0.158. The van der Waals surface area contributed by atoms with Crippen LogP contribution in [0.25, 0.3) is 10.9 Å². The van der Waals surface area contributed by atoms with Crippen LogP contribution in [0.5, 0.6) is 5.88 Å². The first kappa shape index (κ1) is 16.8. The van der Waals surface area contributed by atoms with E-state index in [0.29, 0.717) is 30.1 Å². The van der Waals surface area contributed by atoms with Gasteiger partial charge in [0.2, 0.25) is 0 Å². The van der Waals surface area contributed by atoms with Gasteiger partial charge in [0.1, 0.15) is 18.0 Å². The van der Waals surface area contributed by atoms with E-state index in [1.165, 1.54) is 0 Å². The number of aromatic amines is 1. The molecule has 3 N–H and O–H groups in total. The van der Waals surface area contributed by atoms with Crippen molar-refractivity contribution in [3.63, 3.8) is 0 Å². The van der Waals surface area contributed by atoms with Gasteiger partial charge in [-0.3, -0.25) is 0 Å². The van der Waals surface area contributed by atoms with E-state index in [-0.39, 0.29) is 5.88 Å². The maximum absolute atomic E-state index is 10.5. The Morgan fingerprint density at radius 3 is 2.96 bits per heavy atom. The van der Waals surface area contributed by atoms with Gasteiger partial charge in [0.15, 0.2) is 5.88 Å². The third-order valence-electron chi connectivity index (χ3n) is 4.19. The van der Waals surface area contributed by atoms with E-state index >= 15 is 0 Å². The predicted molar refractivity (Wildman–Crippen MR) is 107 cm³/mol. The topological polar surface area (TPSA) is 82.0 Å². The lowest BCUT2D eigenvalue weighted by atomic mass is 10.0. The van der Waals surface area contributed by atoms with E-state index in [1.54, 1.807) is 0 Å². The molecular formula is C19H17BrN4O2. The summed E-state index contributed by atoms with van der Waals surface area (Å²) in [5.41, 5.74) is 4.35. The van der Waals surface area contributed by atoms with Gasteiger partial charge in [0.25, 0.3) is 0 Å². The first-order valence-corrected chi connectivity index (χ1v) is 9.02. The van der Waals surface area contributed by atoms with Crippen LogP contribution in [0.15, 0.2) is 57.1 Å². The van der Waals surface area contributed by atoms with Crippen molar-refractivity contribution < 1.29 is 9.94 Å². The molecule has 2 heterocycles. The number of nitrogens with one attached hydrogen (secondary N) is 2. The second kappa shape index (κ2) is 6.93. The average Bonchev–Trinajstić information content (AvgIpc) is 3.15. The van der Waals surface area contributed by atoms with Gasteiger partial charge < -0.3 is 20.2 Å². The van der Waals surface area contributed by atoms with Gasteiger partial charge in [-0.2, -0.15) is 0 Å². The zero-order valence-corrected chi connectivity index (χ0v) is 15.7. The lowest BCUT2D eigenvalue weighted by molar-refractivity contribution is 0.148. The average molecular weight is 413 g/mol. The minimum Gasteiger partial charge on any atom is -0.494 e. The number of aromatic nitrogens is 1. The van der Waals surface area contributed by atoms with Crippen LogP contribution < -0.4 is 5.32 Å². The van der Waals surface area contributed by atoms with Gasteiger partial charge in [-0.05, 0) is 31.3 Å². The maximum Gasteiger partial charge on any atom is 0.199 e. The van der Waals surface area contributed by atoms with Gasteiger partial charge in [0.05, 0.1) is 11.3 Å². The zero-order valence-electron chi connectivity index (χ0n) is 14.1. The first-order chi connectivity index (χ1) is 12.7.